The smallest absolute Gasteiger partial charge is 0.249 e. The molecular formula is C43H85NO5. The molecule has 0 aliphatic rings. The first-order valence-electron chi connectivity index (χ1n) is 21.6. The van der Waals surface area contributed by atoms with Crippen LogP contribution in [0.1, 0.15) is 226 Å². The Bertz CT molecular complexity index is 702. The van der Waals surface area contributed by atoms with E-state index in [4.69, 9.17) is 0 Å². The predicted molar refractivity (Wildman–Crippen MR) is 210 cm³/mol. The van der Waals surface area contributed by atoms with Gasteiger partial charge in [0, 0.05) is 0 Å². The molecule has 0 aromatic rings. The van der Waals surface area contributed by atoms with Crippen molar-refractivity contribution in [2.24, 2.45) is 0 Å². The zero-order valence-corrected chi connectivity index (χ0v) is 32.7. The Hall–Kier alpha value is -0.950. The van der Waals surface area contributed by atoms with Crippen LogP contribution in [-0.2, 0) is 4.79 Å². The third kappa shape index (κ3) is 32.7. The van der Waals surface area contributed by atoms with Gasteiger partial charge in [-0.15, -0.1) is 0 Å². The van der Waals surface area contributed by atoms with Gasteiger partial charge >= 0.3 is 0 Å². The number of hydrogen-bond donors (Lipinski definition) is 5. The number of hydrogen-bond acceptors (Lipinski definition) is 5. The van der Waals surface area contributed by atoms with Crippen molar-refractivity contribution in [3.05, 3.63) is 12.2 Å². The summed E-state index contributed by atoms with van der Waals surface area (Å²) >= 11 is 0. The number of aliphatic hydroxyl groups excluding tert-OH is 4. The maximum Gasteiger partial charge on any atom is 0.249 e. The van der Waals surface area contributed by atoms with Gasteiger partial charge in [0.15, 0.2) is 0 Å². The second kappa shape index (κ2) is 38.3. The fraction of sp³-hybridized carbons (Fsp3) is 0.930. The highest BCUT2D eigenvalue weighted by Gasteiger charge is 2.28. The van der Waals surface area contributed by atoms with E-state index in [9.17, 15) is 25.2 Å². The van der Waals surface area contributed by atoms with Crippen LogP contribution in [0.15, 0.2) is 12.2 Å². The minimum Gasteiger partial charge on any atom is -0.394 e. The Labute approximate surface area is 304 Å². The van der Waals surface area contributed by atoms with Crippen molar-refractivity contribution in [1.29, 1.82) is 0 Å². The van der Waals surface area contributed by atoms with Gasteiger partial charge in [0.05, 0.1) is 18.8 Å². The third-order valence-corrected chi connectivity index (χ3v) is 10.2. The van der Waals surface area contributed by atoms with Crippen LogP contribution in [0.2, 0.25) is 0 Å². The molecule has 0 saturated heterocycles. The summed E-state index contributed by atoms with van der Waals surface area (Å²) in [4.78, 5) is 12.4. The van der Waals surface area contributed by atoms with Gasteiger partial charge < -0.3 is 25.7 Å². The lowest BCUT2D eigenvalue weighted by molar-refractivity contribution is -0.132. The first-order chi connectivity index (χ1) is 24.0. The molecule has 0 radical (unpaired) electrons. The molecule has 0 heterocycles. The number of nitrogens with one attached hydrogen (secondary N) is 1. The minimum atomic E-state index is -1.26. The van der Waals surface area contributed by atoms with Crippen molar-refractivity contribution in [2.45, 2.75) is 250 Å². The van der Waals surface area contributed by atoms with Gasteiger partial charge in [-0.1, -0.05) is 199 Å². The summed E-state index contributed by atoms with van der Waals surface area (Å²) in [5.74, 6) is -0.599. The largest absolute Gasteiger partial charge is 0.394 e. The van der Waals surface area contributed by atoms with Crippen LogP contribution >= 0.6 is 0 Å². The monoisotopic (exact) mass is 696 g/mol. The van der Waals surface area contributed by atoms with Crippen molar-refractivity contribution < 1.29 is 25.2 Å². The van der Waals surface area contributed by atoms with E-state index in [0.717, 1.165) is 44.9 Å². The highest BCUT2D eigenvalue weighted by molar-refractivity contribution is 5.80. The molecule has 0 aliphatic heterocycles. The lowest BCUT2D eigenvalue weighted by Gasteiger charge is -2.27. The molecule has 0 rings (SSSR count). The van der Waals surface area contributed by atoms with Crippen LogP contribution in [0.25, 0.3) is 0 Å². The number of allylic oxidation sites excluding steroid dienone is 2. The molecule has 0 aromatic heterocycles. The number of unbranched alkanes of at least 4 members (excludes halogenated alkanes) is 28. The summed E-state index contributed by atoms with van der Waals surface area (Å²) in [7, 11) is 0. The fourth-order valence-electron chi connectivity index (χ4n) is 6.75. The average molecular weight is 696 g/mol. The van der Waals surface area contributed by atoms with Gasteiger partial charge in [0.1, 0.15) is 12.2 Å². The number of rotatable bonds is 39. The van der Waals surface area contributed by atoms with Gasteiger partial charge in [-0.3, -0.25) is 4.79 Å². The van der Waals surface area contributed by atoms with E-state index in [-0.39, 0.29) is 0 Å². The van der Waals surface area contributed by atoms with Crippen LogP contribution in [0.3, 0.4) is 0 Å². The Morgan fingerprint density at radius 1 is 0.490 bits per heavy atom. The van der Waals surface area contributed by atoms with Crippen LogP contribution < -0.4 is 5.32 Å². The average Bonchev–Trinajstić information content (AvgIpc) is 3.11. The molecule has 0 bridgehead atoms. The van der Waals surface area contributed by atoms with E-state index in [2.05, 4.69) is 31.3 Å². The summed E-state index contributed by atoms with van der Waals surface area (Å²) in [5.41, 5.74) is 0. The molecule has 0 fully saturated rings. The molecule has 49 heavy (non-hydrogen) atoms. The van der Waals surface area contributed by atoms with Gasteiger partial charge in [0.2, 0.25) is 5.91 Å². The molecule has 6 nitrogen and oxygen atoms in total. The lowest BCUT2D eigenvalue weighted by Crippen LogP contribution is -2.53. The molecule has 0 aliphatic carbocycles. The van der Waals surface area contributed by atoms with Gasteiger partial charge in [-0.25, -0.2) is 0 Å². The molecule has 0 aromatic carbocycles. The van der Waals surface area contributed by atoms with Crippen molar-refractivity contribution in [3.63, 3.8) is 0 Å². The third-order valence-electron chi connectivity index (χ3n) is 10.2. The summed E-state index contributed by atoms with van der Waals surface area (Å²) in [6.45, 7) is 4.03. The van der Waals surface area contributed by atoms with Crippen molar-refractivity contribution in [1.82, 2.24) is 5.32 Å². The Balaban J connectivity index is 3.71. The normalized spacial score (nSPS) is 14.3. The maximum atomic E-state index is 12.4. The highest BCUT2D eigenvalue weighted by atomic mass is 16.3. The van der Waals surface area contributed by atoms with E-state index in [1.165, 1.54) is 154 Å². The number of carbonyl (C=O) groups excluding carboxylic acids is 1. The molecular weight excluding hydrogens is 610 g/mol. The van der Waals surface area contributed by atoms with Crippen LogP contribution in [-0.4, -0.2) is 57.3 Å². The van der Waals surface area contributed by atoms with E-state index < -0.39 is 36.9 Å². The molecule has 5 N–H and O–H groups in total. The second-order valence-electron chi connectivity index (χ2n) is 15.0. The molecule has 292 valence electrons. The van der Waals surface area contributed by atoms with E-state index in [1.54, 1.807) is 0 Å². The molecule has 4 atom stereocenters. The molecule has 1 amide bonds. The van der Waals surface area contributed by atoms with Crippen LogP contribution in [0.4, 0.5) is 0 Å². The lowest BCUT2D eigenvalue weighted by atomic mass is 9.99. The number of aliphatic hydroxyl groups is 4. The predicted octanol–water partition coefficient (Wildman–Crippen LogP) is 11.0. The Kier molecular flexibility index (Phi) is 37.5. The van der Waals surface area contributed by atoms with E-state index in [1.807, 2.05) is 0 Å². The van der Waals surface area contributed by atoms with Crippen molar-refractivity contribution in [3.8, 4) is 0 Å². The standard InChI is InChI=1S/C43H85NO5/c1-3-5-7-9-11-13-15-17-18-19-20-21-22-23-24-25-27-28-30-32-34-36-40(46)42(48)39(38-45)44-43(49)41(47)37-35-33-31-29-26-16-14-12-10-8-6-4-2/h26,29,39-42,45-48H,3-25,27-28,30-38H2,1-2H3,(H,44,49)/b29-26-. The van der Waals surface area contributed by atoms with Crippen molar-refractivity contribution >= 4 is 5.91 Å². The Morgan fingerprint density at radius 2 is 0.816 bits per heavy atom. The van der Waals surface area contributed by atoms with Gasteiger partial charge in [-0.05, 0) is 38.5 Å². The maximum absolute atomic E-state index is 12.4. The van der Waals surface area contributed by atoms with Gasteiger partial charge in [0.25, 0.3) is 0 Å². The zero-order valence-electron chi connectivity index (χ0n) is 32.7. The first-order valence-corrected chi connectivity index (χ1v) is 21.6. The van der Waals surface area contributed by atoms with E-state index in [0.29, 0.717) is 12.8 Å². The van der Waals surface area contributed by atoms with E-state index >= 15 is 0 Å². The van der Waals surface area contributed by atoms with Crippen LogP contribution in [0, 0.1) is 0 Å². The molecule has 6 heteroatoms. The fourth-order valence-corrected chi connectivity index (χ4v) is 6.75. The Morgan fingerprint density at radius 3 is 1.20 bits per heavy atom. The summed E-state index contributed by atoms with van der Waals surface area (Å²) < 4.78 is 0. The molecule has 0 saturated carbocycles. The first kappa shape index (κ1) is 48.0. The summed E-state index contributed by atoms with van der Waals surface area (Å²) in [5, 5.41) is 43.6. The van der Waals surface area contributed by atoms with Crippen LogP contribution in [0.5, 0.6) is 0 Å². The van der Waals surface area contributed by atoms with Gasteiger partial charge in [-0.2, -0.15) is 0 Å². The number of carbonyl (C=O) groups is 1. The second-order valence-corrected chi connectivity index (χ2v) is 15.0. The highest BCUT2D eigenvalue weighted by Crippen LogP contribution is 2.17. The summed E-state index contributed by atoms with van der Waals surface area (Å²) in [6.07, 6.45) is 41.0. The molecule has 4 unspecified atom stereocenters. The SMILES string of the molecule is CCCCCCCC/C=C\CCCCC(O)C(=O)NC(CO)C(O)C(O)CCCCCCCCCCCCCCCCCCCCCCC. The molecule has 0 spiro atoms. The topological polar surface area (TPSA) is 110 Å². The zero-order chi connectivity index (χ0) is 36.0. The minimum absolute atomic E-state index is 0.341. The quantitative estimate of drug-likeness (QED) is 0.0325. The summed E-state index contributed by atoms with van der Waals surface area (Å²) in [6, 6.07) is -0.989. The van der Waals surface area contributed by atoms with Crippen molar-refractivity contribution in [2.75, 3.05) is 6.61 Å². The number of amides is 1.